The molecule has 110 valence electrons. The molecule has 0 bridgehead atoms. The molecule has 2 aromatic carbocycles. The van der Waals surface area contributed by atoms with E-state index >= 15 is 0 Å². The van der Waals surface area contributed by atoms with Gasteiger partial charge in [-0.05, 0) is 24.6 Å². The van der Waals surface area contributed by atoms with Crippen molar-refractivity contribution in [2.45, 2.75) is 19.5 Å². The van der Waals surface area contributed by atoms with Crippen molar-refractivity contribution in [1.82, 2.24) is 4.90 Å². The maximum Gasteiger partial charge on any atom is 0.262 e. The highest BCUT2D eigenvalue weighted by atomic mass is 16.2. The molecule has 0 radical (unpaired) electrons. The first kappa shape index (κ1) is 14.2. The summed E-state index contributed by atoms with van der Waals surface area (Å²) in [7, 11) is 0. The van der Waals surface area contributed by atoms with Crippen LogP contribution in [-0.2, 0) is 6.54 Å². The van der Waals surface area contributed by atoms with Gasteiger partial charge in [0.25, 0.3) is 11.8 Å². The van der Waals surface area contributed by atoms with Crippen LogP contribution >= 0.6 is 0 Å². The Labute approximate surface area is 129 Å². The van der Waals surface area contributed by atoms with Crippen LogP contribution in [0.5, 0.6) is 0 Å². The van der Waals surface area contributed by atoms with Gasteiger partial charge in [0, 0.05) is 6.21 Å². The first-order valence-electron chi connectivity index (χ1n) is 7.19. The van der Waals surface area contributed by atoms with Crippen molar-refractivity contribution in [3.63, 3.8) is 0 Å². The van der Waals surface area contributed by atoms with E-state index in [2.05, 4.69) is 4.99 Å². The second kappa shape index (κ2) is 5.93. The Morgan fingerprint density at radius 2 is 1.50 bits per heavy atom. The fraction of sp³-hybridized carbons (Fsp3) is 0.167. The van der Waals surface area contributed by atoms with E-state index in [1.165, 1.54) is 4.90 Å². The molecule has 1 heterocycles. The van der Waals surface area contributed by atoms with Gasteiger partial charge in [-0.25, -0.2) is 0 Å². The van der Waals surface area contributed by atoms with Crippen molar-refractivity contribution in [2.24, 2.45) is 4.99 Å². The summed E-state index contributed by atoms with van der Waals surface area (Å²) in [5, 5.41) is 0. The van der Waals surface area contributed by atoms with E-state index in [4.69, 9.17) is 0 Å². The van der Waals surface area contributed by atoms with Crippen LogP contribution in [0.3, 0.4) is 0 Å². The zero-order valence-corrected chi connectivity index (χ0v) is 12.3. The fourth-order valence-electron chi connectivity index (χ4n) is 2.54. The highest BCUT2D eigenvalue weighted by Gasteiger charge is 2.37. The smallest absolute Gasteiger partial charge is 0.262 e. The van der Waals surface area contributed by atoms with Gasteiger partial charge in [-0.2, -0.15) is 0 Å². The Hall–Kier alpha value is -2.75. The zero-order chi connectivity index (χ0) is 15.5. The number of hydrogen-bond donors (Lipinski definition) is 0. The van der Waals surface area contributed by atoms with Crippen LogP contribution in [0.15, 0.2) is 59.6 Å². The van der Waals surface area contributed by atoms with Crippen molar-refractivity contribution < 1.29 is 9.59 Å². The molecule has 22 heavy (non-hydrogen) atoms. The minimum absolute atomic E-state index is 0.251. The highest BCUT2D eigenvalue weighted by Crippen LogP contribution is 2.23. The number of amides is 2. The number of rotatable bonds is 4. The quantitative estimate of drug-likeness (QED) is 0.642. The molecule has 1 atom stereocenters. The predicted octanol–water partition coefficient (Wildman–Crippen LogP) is 2.94. The van der Waals surface area contributed by atoms with Crippen LogP contribution in [0.25, 0.3) is 0 Å². The first-order chi connectivity index (χ1) is 10.7. The van der Waals surface area contributed by atoms with E-state index in [1.807, 2.05) is 30.3 Å². The molecule has 1 aliphatic rings. The number of hydrogen-bond acceptors (Lipinski definition) is 3. The second-order valence-electron chi connectivity index (χ2n) is 5.24. The third-order valence-electron chi connectivity index (χ3n) is 3.67. The number of carbonyl (C=O) groups excluding carboxylic acids is 2. The lowest BCUT2D eigenvalue weighted by Crippen LogP contribution is -2.38. The number of aliphatic imine (C=N–C) groups is 1. The maximum atomic E-state index is 12.3. The maximum absolute atomic E-state index is 12.3. The van der Waals surface area contributed by atoms with Crippen LogP contribution in [0.4, 0.5) is 0 Å². The zero-order valence-electron chi connectivity index (χ0n) is 12.3. The van der Waals surface area contributed by atoms with Gasteiger partial charge >= 0.3 is 0 Å². The van der Waals surface area contributed by atoms with Crippen molar-refractivity contribution in [3.8, 4) is 0 Å². The van der Waals surface area contributed by atoms with E-state index in [0.717, 1.165) is 5.56 Å². The molecule has 3 rings (SSSR count). The summed E-state index contributed by atoms with van der Waals surface area (Å²) >= 11 is 0. The summed E-state index contributed by atoms with van der Waals surface area (Å²) in [6.45, 7) is 2.34. The van der Waals surface area contributed by atoms with Gasteiger partial charge in [-0.15, -0.1) is 0 Å². The summed E-state index contributed by atoms with van der Waals surface area (Å²) in [6, 6.07) is 16.4. The first-order valence-corrected chi connectivity index (χ1v) is 7.19. The van der Waals surface area contributed by atoms with Gasteiger partial charge in [0.2, 0.25) is 0 Å². The Bertz CT molecular complexity index is 703. The molecule has 2 aromatic rings. The lowest BCUT2D eigenvalue weighted by Gasteiger charge is -2.18. The molecule has 1 aliphatic heterocycles. The fourth-order valence-corrected chi connectivity index (χ4v) is 2.54. The van der Waals surface area contributed by atoms with E-state index < -0.39 is 0 Å². The van der Waals surface area contributed by atoms with Crippen molar-refractivity contribution >= 4 is 18.0 Å². The van der Waals surface area contributed by atoms with Gasteiger partial charge in [-0.1, -0.05) is 42.5 Å². The van der Waals surface area contributed by atoms with Crippen LogP contribution in [0, 0.1) is 0 Å². The van der Waals surface area contributed by atoms with Crippen LogP contribution in [-0.4, -0.2) is 29.0 Å². The average molecular weight is 292 g/mol. The Morgan fingerprint density at radius 1 is 0.955 bits per heavy atom. The summed E-state index contributed by atoms with van der Waals surface area (Å²) in [5.74, 6) is -0.501. The van der Waals surface area contributed by atoms with Gasteiger partial charge in [0.05, 0.1) is 23.7 Å². The second-order valence-corrected chi connectivity index (χ2v) is 5.24. The number of fused-ring (bicyclic) bond motifs is 1. The van der Waals surface area contributed by atoms with Crippen LogP contribution in [0.1, 0.15) is 33.2 Å². The lowest BCUT2D eigenvalue weighted by atomic mass is 10.1. The minimum atomic E-state index is -0.365. The van der Waals surface area contributed by atoms with Gasteiger partial charge in [-0.3, -0.25) is 19.5 Å². The molecule has 4 heteroatoms. The molecule has 0 saturated carbocycles. The lowest BCUT2D eigenvalue weighted by molar-refractivity contribution is 0.0637. The Balaban J connectivity index is 1.72. The molecule has 4 nitrogen and oxygen atoms in total. The Morgan fingerprint density at radius 3 is 2.09 bits per heavy atom. The van der Waals surface area contributed by atoms with Crippen molar-refractivity contribution in [2.75, 3.05) is 0 Å². The number of nitrogens with zero attached hydrogens (tertiary/aromatic N) is 2. The predicted molar refractivity (Wildman–Crippen MR) is 85.0 cm³/mol. The minimum Gasteiger partial charge on any atom is -0.291 e. The highest BCUT2D eigenvalue weighted by molar-refractivity contribution is 6.22. The molecule has 0 saturated heterocycles. The molecule has 0 fully saturated rings. The monoisotopic (exact) mass is 292 g/mol. The van der Waals surface area contributed by atoms with E-state index in [-0.39, 0.29) is 17.9 Å². The third kappa shape index (κ3) is 2.55. The molecule has 2 amide bonds. The third-order valence-corrected chi connectivity index (χ3v) is 3.67. The largest absolute Gasteiger partial charge is 0.291 e. The number of imide groups is 1. The van der Waals surface area contributed by atoms with E-state index in [9.17, 15) is 9.59 Å². The molecule has 0 spiro atoms. The standard InChI is InChI=1S/C18H16N2O2/c1-13(11-19-12-14-7-3-2-4-8-14)20-17(21)15-9-5-6-10-16(15)18(20)22/h2-11,13H,12H2,1H3/t13-/m0/s1. The summed E-state index contributed by atoms with van der Waals surface area (Å²) in [6.07, 6.45) is 1.66. The number of carbonyl (C=O) groups is 2. The number of benzene rings is 2. The molecular weight excluding hydrogens is 276 g/mol. The topological polar surface area (TPSA) is 49.7 Å². The summed E-state index contributed by atoms with van der Waals surface area (Å²) < 4.78 is 0. The molecule has 0 aromatic heterocycles. The van der Waals surface area contributed by atoms with E-state index in [1.54, 1.807) is 37.4 Å². The SMILES string of the molecule is C[C@@H](C=NCc1ccccc1)N1C(=O)c2ccccc2C1=O. The molecule has 0 N–H and O–H groups in total. The summed E-state index contributed by atoms with van der Waals surface area (Å²) in [5.41, 5.74) is 2.03. The van der Waals surface area contributed by atoms with Crippen molar-refractivity contribution in [3.05, 3.63) is 71.3 Å². The Kier molecular flexibility index (Phi) is 3.83. The van der Waals surface area contributed by atoms with Gasteiger partial charge in [0.15, 0.2) is 0 Å². The van der Waals surface area contributed by atoms with Gasteiger partial charge in [0.1, 0.15) is 0 Å². The summed E-state index contributed by atoms with van der Waals surface area (Å²) in [4.78, 5) is 30.3. The van der Waals surface area contributed by atoms with Crippen LogP contribution in [0.2, 0.25) is 0 Å². The van der Waals surface area contributed by atoms with E-state index in [0.29, 0.717) is 17.7 Å². The van der Waals surface area contributed by atoms with Crippen molar-refractivity contribution in [1.29, 1.82) is 0 Å². The molecular formula is C18H16N2O2. The van der Waals surface area contributed by atoms with Crippen LogP contribution < -0.4 is 0 Å². The van der Waals surface area contributed by atoms with Gasteiger partial charge < -0.3 is 0 Å². The molecule has 0 aliphatic carbocycles. The molecule has 0 unspecified atom stereocenters. The normalized spacial score (nSPS) is 15.4. The average Bonchev–Trinajstić information content (AvgIpc) is 2.80.